The quantitative estimate of drug-likeness (QED) is 0.456. The van der Waals surface area contributed by atoms with Crippen LogP contribution in [0, 0.1) is 11.8 Å². The van der Waals surface area contributed by atoms with Crippen LogP contribution in [0.3, 0.4) is 0 Å². The molecule has 0 radical (unpaired) electrons. The molecule has 1 aliphatic rings. The lowest BCUT2D eigenvalue weighted by Gasteiger charge is -2.28. The van der Waals surface area contributed by atoms with Gasteiger partial charge in [-0.3, -0.25) is 9.59 Å². The van der Waals surface area contributed by atoms with Crippen LogP contribution in [-0.4, -0.2) is 37.6 Å². The van der Waals surface area contributed by atoms with Gasteiger partial charge in [-0.05, 0) is 86.1 Å². The molecule has 36 heavy (non-hydrogen) atoms. The average molecular weight is 518 g/mol. The van der Waals surface area contributed by atoms with Gasteiger partial charge >= 0.3 is 12.7 Å². The zero-order valence-electron chi connectivity index (χ0n) is 18.9. The monoisotopic (exact) mass is 518 g/mol. The second kappa shape index (κ2) is 11.5. The zero-order valence-corrected chi connectivity index (χ0v) is 18.9. The van der Waals surface area contributed by atoms with Crippen LogP contribution < -0.4 is 20.1 Å². The van der Waals surface area contributed by atoms with Crippen LogP contribution in [0.25, 0.3) is 0 Å². The standard InChI is InChI=1S/C24H24F6N2O4/c25-23(26,27)35-19-9-5-17(6-10-19)21(33)31-13-15-1-2-16(4-3-15)14-32-22(34)18-7-11-20(12-8-18)36-24(28,29)30/h5-12,15-16H,1-4,13-14H2,(H,31,33)(H,32,34). The number of halogens is 6. The molecule has 0 heterocycles. The lowest BCUT2D eigenvalue weighted by atomic mass is 9.82. The van der Waals surface area contributed by atoms with Gasteiger partial charge in [0.05, 0.1) is 0 Å². The lowest BCUT2D eigenvalue weighted by molar-refractivity contribution is -0.275. The van der Waals surface area contributed by atoms with Crippen molar-refractivity contribution < 1.29 is 45.4 Å². The van der Waals surface area contributed by atoms with Crippen molar-refractivity contribution in [2.45, 2.75) is 38.4 Å². The minimum Gasteiger partial charge on any atom is -0.406 e. The second-order valence-electron chi connectivity index (χ2n) is 8.45. The predicted molar refractivity (Wildman–Crippen MR) is 116 cm³/mol. The molecule has 0 unspecified atom stereocenters. The summed E-state index contributed by atoms with van der Waals surface area (Å²) in [6.07, 6.45) is -6.31. The van der Waals surface area contributed by atoms with E-state index in [9.17, 15) is 35.9 Å². The maximum atomic E-state index is 12.3. The number of rotatable bonds is 8. The smallest absolute Gasteiger partial charge is 0.406 e. The largest absolute Gasteiger partial charge is 0.573 e. The minimum absolute atomic E-state index is 0.221. The van der Waals surface area contributed by atoms with Crippen molar-refractivity contribution in [2.24, 2.45) is 11.8 Å². The van der Waals surface area contributed by atoms with Crippen molar-refractivity contribution in [2.75, 3.05) is 13.1 Å². The number of alkyl halides is 6. The summed E-state index contributed by atoms with van der Waals surface area (Å²) in [6, 6.07) is 9.33. The van der Waals surface area contributed by atoms with E-state index >= 15 is 0 Å². The molecule has 3 rings (SSSR count). The van der Waals surface area contributed by atoms with Crippen LogP contribution >= 0.6 is 0 Å². The maximum Gasteiger partial charge on any atom is 0.573 e. The summed E-state index contributed by atoms with van der Waals surface area (Å²) >= 11 is 0. The highest BCUT2D eigenvalue weighted by atomic mass is 19.4. The number of hydrogen-bond acceptors (Lipinski definition) is 4. The second-order valence-corrected chi connectivity index (χ2v) is 8.45. The highest BCUT2D eigenvalue weighted by Crippen LogP contribution is 2.28. The molecule has 2 aromatic carbocycles. The number of amides is 2. The van der Waals surface area contributed by atoms with E-state index in [-0.39, 0.29) is 23.0 Å². The number of nitrogens with one attached hydrogen (secondary N) is 2. The van der Waals surface area contributed by atoms with Gasteiger partial charge < -0.3 is 20.1 Å². The van der Waals surface area contributed by atoms with Crippen molar-refractivity contribution in [3.8, 4) is 11.5 Å². The summed E-state index contributed by atoms with van der Waals surface area (Å²) < 4.78 is 80.9. The average Bonchev–Trinajstić information content (AvgIpc) is 2.80. The summed E-state index contributed by atoms with van der Waals surface area (Å²) in [5.41, 5.74) is 0.442. The normalized spacial score (nSPS) is 18.3. The molecule has 1 saturated carbocycles. The first kappa shape index (κ1) is 27.2. The highest BCUT2D eigenvalue weighted by molar-refractivity contribution is 5.94. The van der Waals surface area contributed by atoms with Gasteiger partial charge in [-0.15, -0.1) is 26.3 Å². The first-order chi connectivity index (χ1) is 16.9. The molecule has 196 valence electrons. The van der Waals surface area contributed by atoms with Crippen molar-refractivity contribution in [3.63, 3.8) is 0 Å². The molecule has 6 nitrogen and oxygen atoms in total. The number of benzene rings is 2. The van der Waals surface area contributed by atoms with Crippen molar-refractivity contribution >= 4 is 11.8 Å². The number of carbonyl (C=O) groups excluding carboxylic acids is 2. The fourth-order valence-corrected chi connectivity index (χ4v) is 3.93. The Morgan fingerprint density at radius 2 is 0.944 bits per heavy atom. The fraction of sp³-hybridized carbons (Fsp3) is 0.417. The van der Waals surface area contributed by atoms with Crippen LogP contribution in [-0.2, 0) is 0 Å². The van der Waals surface area contributed by atoms with E-state index in [1.807, 2.05) is 0 Å². The Morgan fingerprint density at radius 1 is 0.639 bits per heavy atom. The van der Waals surface area contributed by atoms with Crippen LogP contribution in [0.5, 0.6) is 11.5 Å². The van der Waals surface area contributed by atoms with E-state index in [0.717, 1.165) is 49.9 Å². The number of carbonyl (C=O) groups is 2. The predicted octanol–water partition coefficient (Wildman–Crippen LogP) is 5.45. The van der Waals surface area contributed by atoms with E-state index in [1.54, 1.807) is 0 Å². The number of ether oxygens (including phenoxy) is 2. The molecule has 2 aromatic rings. The molecule has 0 spiro atoms. The molecule has 1 aliphatic carbocycles. The van der Waals surface area contributed by atoms with Gasteiger partial charge in [0.1, 0.15) is 11.5 Å². The van der Waals surface area contributed by atoms with E-state index in [2.05, 4.69) is 20.1 Å². The van der Waals surface area contributed by atoms with Gasteiger partial charge in [-0.2, -0.15) is 0 Å². The van der Waals surface area contributed by atoms with Gasteiger partial charge in [0.15, 0.2) is 0 Å². The molecule has 1 fully saturated rings. The summed E-state index contributed by atoms with van der Waals surface area (Å²) in [6.45, 7) is 0.843. The summed E-state index contributed by atoms with van der Waals surface area (Å²) in [4.78, 5) is 24.5. The first-order valence-electron chi connectivity index (χ1n) is 11.2. The molecular weight excluding hydrogens is 494 g/mol. The molecule has 2 amide bonds. The molecule has 0 bridgehead atoms. The Morgan fingerprint density at radius 3 is 1.22 bits per heavy atom. The highest BCUT2D eigenvalue weighted by Gasteiger charge is 2.32. The summed E-state index contributed by atoms with van der Waals surface area (Å²) in [5, 5.41) is 5.58. The topological polar surface area (TPSA) is 76.7 Å². The third-order valence-corrected chi connectivity index (χ3v) is 5.77. The van der Waals surface area contributed by atoms with Gasteiger partial charge in [0.2, 0.25) is 0 Å². The van der Waals surface area contributed by atoms with Crippen molar-refractivity contribution in [1.82, 2.24) is 10.6 Å². The lowest BCUT2D eigenvalue weighted by Crippen LogP contribution is -2.34. The van der Waals surface area contributed by atoms with Crippen LogP contribution in [0.15, 0.2) is 48.5 Å². The first-order valence-corrected chi connectivity index (χ1v) is 11.2. The minimum atomic E-state index is -4.80. The van der Waals surface area contributed by atoms with Crippen LogP contribution in [0.1, 0.15) is 46.4 Å². The summed E-state index contributed by atoms with van der Waals surface area (Å²) in [7, 11) is 0. The van der Waals surface area contributed by atoms with Crippen LogP contribution in [0.2, 0.25) is 0 Å². The Bertz CT molecular complexity index is 931. The number of hydrogen-bond donors (Lipinski definition) is 2. The zero-order chi connectivity index (χ0) is 26.3. The summed E-state index contributed by atoms with van der Waals surface area (Å²) in [5.74, 6) is -1.14. The van der Waals surface area contributed by atoms with Gasteiger partial charge in [-0.1, -0.05) is 0 Å². The molecule has 2 N–H and O–H groups in total. The fourth-order valence-electron chi connectivity index (χ4n) is 3.93. The molecule has 0 atom stereocenters. The third kappa shape index (κ3) is 8.97. The van der Waals surface area contributed by atoms with E-state index < -0.39 is 36.0 Å². The van der Waals surface area contributed by atoms with E-state index in [0.29, 0.717) is 13.1 Å². The van der Waals surface area contributed by atoms with Crippen LogP contribution in [0.4, 0.5) is 26.3 Å². The molecule has 0 aliphatic heterocycles. The third-order valence-electron chi connectivity index (χ3n) is 5.77. The van der Waals surface area contributed by atoms with E-state index in [4.69, 9.17) is 0 Å². The Labute approximate surface area is 203 Å². The van der Waals surface area contributed by atoms with E-state index in [1.165, 1.54) is 24.3 Å². The van der Waals surface area contributed by atoms with Gasteiger partial charge in [0, 0.05) is 24.2 Å². The van der Waals surface area contributed by atoms with Crippen molar-refractivity contribution in [1.29, 1.82) is 0 Å². The molecule has 12 heteroatoms. The molecule has 0 saturated heterocycles. The molecular formula is C24H24F6N2O4. The Kier molecular flexibility index (Phi) is 8.70. The van der Waals surface area contributed by atoms with Gasteiger partial charge in [0.25, 0.3) is 11.8 Å². The Balaban J connectivity index is 1.36. The van der Waals surface area contributed by atoms with Gasteiger partial charge in [-0.25, -0.2) is 0 Å². The SMILES string of the molecule is O=C(NCC1CCC(CNC(=O)c2ccc(OC(F)(F)F)cc2)CC1)c1ccc(OC(F)(F)F)cc1. The molecule has 0 aromatic heterocycles. The maximum absolute atomic E-state index is 12.3. The Hall–Kier alpha value is -3.44. The van der Waals surface area contributed by atoms with Crippen molar-refractivity contribution in [3.05, 3.63) is 59.7 Å².